The molecule has 0 saturated heterocycles. The van der Waals surface area contributed by atoms with E-state index >= 15 is 0 Å². The zero-order valence-corrected chi connectivity index (χ0v) is 41.4. The zero-order chi connectivity index (χ0) is 49.0. The van der Waals surface area contributed by atoms with Crippen molar-refractivity contribution in [2.45, 2.75) is 36.5 Å². The van der Waals surface area contributed by atoms with Crippen molar-refractivity contribution >= 4 is 70.9 Å². The highest BCUT2D eigenvalue weighted by atomic mass is 15.1. The molecule has 4 aliphatic rings. The van der Waals surface area contributed by atoms with E-state index < -0.39 is 5.41 Å². The summed E-state index contributed by atoms with van der Waals surface area (Å²) in [6.07, 6.45) is 4.83. The molecule has 4 aliphatic carbocycles. The molecule has 0 aliphatic heterocycles. The Bertz CT molecular complexity index is 4540. The molecule has 0 bridgehead atoms. The molecular formula is C74H49N. The smallest absolute Gasteiger partial charge is 0.0726 e. The SMILES string of the molecule is c1ccc2c(c1)-c1c(N(c3ccc4c5ccccc5c5ccccc5c4c3)c3cc4c(cc3-c3ccc5c(ccc6ccccc65)c3)-c3ccccc3C43c4ccccc4-c4ccccc43)cccc1C21CCCC1. The molecule has 0 aromatic heterocycles. The van der Waals surface area contributed by atoms with Crippen LogP contribution in [0.4, 0.5) is 17.1 Å². The summed E-state index contributed by atoms with van der Waals surface area (Å²) < 4.78 is 0. The standard InChI is InChI=1S/C74H49N/c1-2-19-50-46(18-1)34-35-47-42-48(36-38-51(47)50)61-44-63-59-26-9-14-31-67(59)74(65-29-12-7-24-57(65)58-25-8-13-30-66(58)74)69(63)45-71(61)75(70-33-17-32-68-72(70)60-27-10-11-28-64(60)73(68)40-15-16-41-73)49-37-39-56-54-22-4-3-20-52(54)53-21-5-6-23-55(53)62(56)43-49/h1-14,17-39,42-45H,15-16,40-41H2. The summed E-state index contributed by atoms with van der Waals surface area (Å²) >= 11 is 0. The van der Waals surface area contributed by atoms with Gasteiger partial charge in [0.05, 0.1) is 16.8 Å². The predicted octanol–water partition coefficient (Wildman–Crippen LogP) is 19.8. The van der Waals surface area contributed by atoms with Crippen molar-refractivity contribution in [3.05, 3.63) is 282 Å². The van der Waals surface area contributed by atoms with Crippen molar-refractivity contribution in [1.82, 2.24) is 0 Å². The second kappa shape index (κ2) is 15.3. The number of nitrogens with zero attached hydrogens (tertiary/aromatic N) is 1. The fourth-order valence-corrected chi connectivity index (χ4v) is 15.4. The summed E-state index contributed by atoms with van der Waals surface area (Å²) in [7, 11) is 0. The van der Waals surface area contributed by atoms with Crippen molar-refractivity contribution in [2.75, 3.05) is 4.90 Å². The highest BCUT2D eigenvalue weighted by Crippen LogP contribution is 2.65. The lowest BCUT2D eigenvalue weighted by molar-refractivity contribution is 0.550. The van der Waals surface area contributed by atoms with E-state index in [2.05, 4.69) is 254 Å². The number of hydrogen-bond acceptors (Lipinski definition) is 1. The molecule has 0 N–H and O–H groups in total. The molecule has 13 aromatic rings. The van der Waals surface area contributed by atoms with Crippen molar-refractivity contribution in [3.8, 4) is 44.5 Å². The number of hydrogen-bond donors (Lipinski definition) is 0. The van der Waals surface area contributed by atoms with Crippen LogP contribution in [0.15, 0.2) is 249 Å². The summed E-state index contributed by atoms with van der Waals surface area (Å²) in [5.74, 6) is 0. The minimum absolute atomic E-state index is 0.00301. The van der Waals surface area contributed by atoms with E-state index in [-0.39, 0.29) is 5.41 Å². The Hall–Kier alpha value is -9.04. The summed E-state index contributed by atoms with van der Waals surface area (Å²) in [5.41, 5.74) is 21.7. The average Bonchev–Trinajstić information content (AvgIpc) is 4.43. The van der Waals surface area contributed by atoms with Gasteiger partial charge in [-0.05, 0) is 170 Å². The maximum atomic E-state index is 2.69. The number of rotatable bonds is 4. The second-order valence-corrected chi connectivity index (χ2v) is 21.7. The van der Waals surface area contributed by atoms with Gasteiger partial charge in [-0.25, -0.2) is 0 Å². The van der Waals surface area contributed by atoms with Crippen LogP contribution in [0.2, 0.25) is 0 Å². The predicted molar refractivity (Wildman–Crippen MR) is 315 cm³/mol. The Balaban J connectivity index is 1.04. The first-order chi connectivity index (χ1) is 37.2. The maximum Gasteiger partial charge on any atom is 0.0726 e. The van der Waals surface area contributed by atoms with Gasteiger partial charge in [-0.2, -0.15) is 0 Å². The lowest BCUT2D eigenvalue weighted by Gasteiger charge is -2.34. The van der Waals surface area contributed by atoms with Gasteiger partial charge in [-0.3, -0.25) is 0 Å². The van der Waals surface area contributed by atoms with Gasteiger partial charge >= 0.3 is 0 Å². The maximum absolute atomic E-state index is 2.69. The molecular weight excluding hydrogens is 903 g/mol. The molecule has 0 radical (unpaired) electrons. The van der Waals surface area contributed by atoms with E-state index in [0.29, 0.717) is 0 Å². The van der Waals surface area contributed by atoms with Crippen molar-refractivity contribution in [3.63, 3.8) is 0 Å². The lowest BCUT2D eigenvalue weighted by atomic mass is 9.70. The Morgan fingerprint density at radius 2 is 0.787 bits per heavy atom. The minimum Gasteiger partial charge on any atom is -0.309 e. The molecule has 1 heteroatoms. The fraction of sp³-hybridized carbons (Fsp3) is 0.0811. The van der Waals surface area contributed by atoms with Crippen molar-refractivity contribution < 1.29 is 0 Å². The van der Waals surface area contributed by atoms with Gasteiger partial charge < -0.3 is 4.90 Å². The topological polar surface area (TPSA) is 3.24 Å². The molecule has 13 aromatic carbocycles. The third-order valence-corrected chi connectivity index (χ3v) is 18.4. The molecule has 0 heterocycles. The third kappa shape index (κ3) is 5.42. The molecule has 0 atom stereocenters. The van der Waals surface area contributed by atoms with E-state index in [1.807, 2.05) is 0 Å². The first-order valence-corrected chi connectivity index (χ1v) is 27.0. The van der Waals surface area contributed by atoms with Crippen molar-refractivity contribution in [2.24, 2.45) is 0 Å². The van der Waals surface area contributed by atoms with Crippen LogP contribution in [-0.2, 0) is 10.8 Å². The highest BCUT2D eigenvalue weighted by Gasteiger charge is 2.52. The van der Waals surface area contributed by atoms with E-state index in [1.165, 1.54) is 169 Å². The first kappa shape index (κ1) is 41.4. The molecule has 75 heavy (non-hydrogen) atoms. The van der Waals surface area contributed by atoms with Crippen LogP contribution < -0.4 is 4.90 Å². The second-order valence-electron chi connectivity index (χ2n) is 21.7. The van der Waals surface area contributed by atoms with Crippen LogP contribution in [0.1, 0.15) is 59.1 Å². The largest absolute Gasteiger partial charge is 0.309 e. The first-order valence-electron chi connectivity index (χ1n) is 27.0. The Kier molecular flexibility index (Phi) is 8.43. The number of benzene rings is 13. The van der Waals surface area contributed by atoms with E-state index in [4.69, 9.17) is 0 Å². The van der Waals surface area contributed by atoms with Crippen LogP contribution in [-0.4, -0.2) is 0 Å². The summed E-state index contributed by atoms with van der Waals surface area (Å²) in [4.78, 5) is 2.69. The summed E-state index contributed by atoms with van der Waals surface area (Å²) in [5, 5.41) is 12.7. The highest BCUT2D eigenvalue weighted by molar-refractivity contribution is 6.26. The van der Waals surface area contributed by atoms with Crippen LogP contribution in [0.25, 0.3) is 98.4 Å². The Morgan fingerprint density at radius 1 is 0.280 bits per heavy atom. The quantitative estimate of drug-likeness (QED) is 0.159. The van der Waals surface area contributed by atoms with E-state index in [0.717, 1.165) is 5.69 Å². The molecule has 1 saturated carbocycles. The summed E-state index contributed by atoms with van der Waals surface area (Å²) in [6, 6.07) is 95.6. The molecule has 2 spiro atoms. The van der Waals surface area contributed by atoms with Gasteiger partial charge in [0.15, 0.2) is 0 Å². The fourth-order valence-electron chi connectivity index (χ4n) is 15.4. The van der Waals surface area contributed by atoms with Gasteiger partial charge in [0.2, 0.25) is 0 Å². The molecule has 350 valence electrons. The Morgan fingerprint density at radius 3 is 1.47 bits per heavy atom. The normalized spacial score (nSPS) is 14.9. The van der Waals surface area contributed by atoms with E-state index in [1.54, 1.807) is 0 Å². The summed E-state index contributed by atoms with van der Waals surface area (Å²) in [6.45, 7) is 0. The van der Waals surface area contributed by atoms with Crippen LogP contribution in [0.5, 0.6) is 0 Å². The van der Waals surface area contributed by atoms with Gasteiger partial charge in [0, 0.05) is 22.2 Å². The monoisotopic (exact) mass is 951 g/mol. The average molecular weight is 952 g/mol. The third-order valence-electron chi connectivity index (χ3n) is 18.4. The van der Waals surface area contributed by atoms with Gasteiger partial charge in [-0.1, -0.05) is 225 Å². The minimum atomic E-state index is -0.530. The van der Waals surface area contributed by atoms with Crippen LogP contribution in [0.3, 0.4) is 0 Å². The molecule has 1 fully saturated rings. The molecule has 0 amide bonds. The van der Waals surface area contributed by atoms with Crippen LogP contribution in [0, 0.1) is 0 Å². The van der Waals surface area contributed by atoms with Gasteiger partial charge in [0.25, 0.3) is 0 Å². The zero-order valence-electron chi connectivity index (χ0n) is 41.4. The van der Waals surface area contributed by atoms with E-state index in [9.17, 15) is 0 Å². The Labute approximate surface area is 436 Å². The van der Waals surface area contributed by atoms with Gasteiger partial charge in [0.1, 0.15) is 0 Å². The number of fused-ring (bicyclic) bond motifs is 24. The molecule has 17 rings (SSSR count). The molecule has 0 unspecified atom stereocenters. The van der Waals surface area contributed by atoms with Crippen LogP contribution >= 0.6 is 0 Å². The lowest BCUT2D eigenvalue weighted by Crippen LogP contribution is -2.26. The van der Waals surface area contributed by atoms with Crippen molar-refractivity contribution in [1.29, 1.82) is 0 Å². The molecule has 1 nitrogen and oxygen atoms in total. The number of anilines is 3. The van der Waals surface area contributed by atoms with Gasteiger partial charge in [-0.15, -0.1) is 0 Å².